The third-order valence-electron chi connectivity index (χ3n) is 3.77. The van der Waals surface area contributed by atoms with Gasteiger partial charge in [0.15, 0.2) is 0 Å². The summed E-state index contributed by atoms with van der Waals surface area (Å²) in [6, 6.07) is 12.5. The zero-order valence-electron chi connectivity index (χ0n) is 11.4. The molecule has 3 rings (SSSR count). The van der Waals surface area contributed by atoms with Gasteiger partial charge in [-0.15, -0.1) is 0 Å². The molecule has 0 saturated carbocycles. The lowest BCUT2D eigenvalue weighted by molar-refractivity contribution is -0.141. The first-order chi connectivity index (χ1) is 9.11. The third-order valence-corrected chi connectivity index (χ3v) is 3.77. The van der Waals surface area contributed by atoms with Crippen molar-refractivity contribution in [3.8, 4) is 11.1 Å². The molecule has 2 nitrogen and oxygen atoms in total. The Hall–Kier alpha value is -2.09. The highest BCUT2D eigenvalue weighted by atomic mass is 16.5. The molecule has 2 aromatic carbocycles. The smallest absolute Gasteiger partial charge is 0.317 e. The van der Waals surface area contributed by atoms with Crippen molar-refractivity contribution >= 4 is 5.97 Å². The van der Waals surface area contributed by atoms with Gasteiger partial charge in [-0.2, -0.15) is 0 Å². The van der Waals surface area contributed by atoms with E-state index in [0.717, 1.165) is 22.3 Å². The van der Waals surface area contributed by atoms with Crippen molar-refractivity contribution in [2.75, 3.05) is 7.11 Å². The standard InChI is InChI=1S/C17H16O2/c1-10-4-6-12-14(8-10)15-9-11(2)5-7-13(15)16(12)17(18)19-3/h4-9,16H,1-3H3. The first kappa shape index (κ1) is 12.0. The molecular formula is C17H16O2. The Kier molecular flexibility index (Phi) is 2.67. The summed E-state index contributed by atoms with van der Waals surface area (Å²) in [7, 11) is 1.45. The number of methoxy groups -OCH3 is 1. The minimum absolute atomic E-state index is 0.187. The Morgan fingerprint density at radius 2 is 1.42 bits per heavy atom. The second-order valence-corrected chi connectivity index (χ2v) is 5.14. The minimum atomic E-state index is -0.281. The molecule has 1 aliphatic carbocycles. The Balaban J connectivity index is 2.29. The Labute approximate surface area is 113 Å². The zero-order chi connectivity index (χ0) is 13.6. The molecule has 0 atom stereocenters. The number of ether oxygens (including phenoxy) is 1. The summed E-state index contributed by atoms with van der Waals surface area (Å²) in [5.41, 5.74) is 6.84. The van der Waals surface area contributed by atoms with Crippen LogP contribution in [0.4, 0.5) is 0 Å². The molecule has 0 spiro atoms. The summed E-state index contributed by atoms with van der Waals surface area (Å²) in [5, 5.41) is 0. The van der Waals surface area contributed by atoms with Gasteiger partial charge in [0.1, 0.15) is 5.92 Å². The van der Waals surface area contributed by atoms with Gasteiger partial charge in [-0.3, -0.25) is 4.79 Å². The average Bonchev–Trinajstić information content (AvgIpc) is 2.71. The Morgan fingerprint density at radius 1 is 0.947 bits per heavy atom. The van der Waals surface area contributed by atoms with Gasteiger partial charge in [0.05, 0.1) is 7.11 Å². The number of hydrogen-bond acceptors (Lipinski definition) is 2. The zero-order valence-corrected chi connectivity index (χ0v) is 11.4. The van der Waals surface area contributed by atoms with Gasteiger partial charge >= 0.3 is 5.97 Å². The maximum Gasteiger partial charge on any atom is 0.317 e. The van der Waals surface area contributed by atoms with Gasteiger partial charge in [0, 0.05) is 0 Å². The molecule has 1 aliphatic rings. The summed E-state index contributed by atoms with van der Waals surface area (Å²) >= 11 is 0. The van der Waals surface area contributed by atoms with E-state index in [1.54, 1.807) is 0 Å². The van der Waals surface area contributed by atoms with Crippen molar-refractivity contribution in [1.82, 2.24) is 0 Å². The van der Waals surface area contributed by atoms with Gasteiger partial charge in [-0.1, -0.05) is 47.5 Å². The molecule has 19 heavy (non-hydrogen) atoms. The lowest BCUT2D eigenvalue weighted by atomic mass is 9.96. The van der Waals surface area contributed by atoms with E-state index in [1.165, 1.54) is 18.2 Å². The van der Waals surface area contributed by atoms with Gasteiger partial charge in [-0.25, -0.2) is 0 Å². The summed E-state index contributed by atoms with van der Waals surface area (Å²) in [6.45, 7) is 4.14. The van der Waals surface area contributed by atoms with Crippen LogP contribution in [0.1, 0.15) is 28.2 Å². The second-order valence-electron chi connectivity index (χ2n) is 5.14. The molecule has 0 fully saturated rings. The van der Waals surface area contributed by atoms with Crippen LogP contribution in [0.5, 0.6) is 0 Å². The van der Waals surface area contributed by atoms with Crippen LogP contribution in [-0.4, -0.2) is 13.1 Å². The van der Waals surface area contributed by atoms with Gasteiger partial charge in [-0.05, 0) is 36.1 Å². The van der Waals surface area contributed by atoms with Crippen molar-refractivity contribution in [2.24, 2.45) is 0 Å². The van der Waals surface area contributed by atoms with Gasteiger partial charge in [0.2, 0.25) is 0 Å². The van der Waals surface area contributed by atoms with E-state index in [-0.39, 0.29) is 11.9 Å². The van der Waals surface area contributed by atoms with Gasteiger partial charge in [0.25, 0.3) is 0 Å². The van der Waals surface area contributed by atoms with E-state index in [9.17, 15) is 4.79 Å². The highest BCUT2D eigenvalue weighted by Crippen LogP contribution is 2.45. The highest BCUT2D eigenvalue weighted by molar-refractivity contribution is 5.93. The normalized spacial score (nSPS) is 13.0. The van der Waals surface area contributed by atoms with Crippen molar-refractivity contribution < 1.29 is 9.53 Å². The van der Waals surface area contributed by atoms with E-state index >= 15 is 0 Å². The molecule has 0 heterocycles. The maximum atomic E-state index is 12.1. The van der Waals surface area contributed by atoms with E-state index in [0.29, 0.717) is 0 Å². The van der Waals surface area contributed by atoms with E-state index < -0.39 is 0 Å². The van der Waals surface area contributed by atoms with Crippen molar-refractivity contribution in [3.63, 3.8) is 0 Å². The number of hydrogen-bond donors (Lipinski definition) is 0. The SMILES string of the molecule is COC(=O)C1c2ccc(C)cc2-c2cc(C)ccc21. The average molecular weight is 252 g/mol. The molecule has 0 radical (unpaired) electrons. The second kappa shape index (κ2) is 4.23. The number of carbonyl (C=O) groups excluding carboxylic acids is 1. The molecule has 0 unspecified atom stereocenters. The summed E-state index contributed by atoms with van der Waals surface area (Å²) < 4.78 is 4.97. The molecule has 2 heteroatoms. The van der Waals surface area contributed by atoms with Crippen LogP contribution >= 0.6 is 0 Å². The van der Waals surface area contributed by atoms with E-state index in [2.05, 4.69) is 26.0 Å². The number of esters is 1. The van der Waals surface area contributed by atoms with Gasteiger partial charge < -0.3 is 4.74 Å². The van der Waals surface area contributed by atoms with E-state index in [1.807, 2.05) is 24.3 Å². The van der Waals surface area contributed by atoms with Crippen LogP contribution in [0.3, 0.4) is 0 Å². The van der Waals surface area contributed by atoms with Crippen molar-refractivity contribution in [3.05, 3.63) is 58.7 Å². The topological polar surface area (TPSA) is 26.3 Å². The lowest BCUT2D eigenvalue weighted by Crippen LogP contribution is -2.13. The number of aryl methyl sites for hydroxylation is 2. The van der Waals surface area contributed by atoms with Crippen LogP contribution in [0.25, 0.3) is 11.1 Å². The first-order valence-corrected chi connectivity index (χ1v) is 6.41. The molecule has 0 N–H and O–H groups in total. The predicted octanol–water partition coefficient (Wildman–Crippen LogP) is 3.59. The molecule has 0 saturated heterocycles. The molecule has 0 aromatic heterocycles. The maximum absolute atomic E-state index is 12.1. The predicted molar refractivity (Wildman–Crippen MR) is 75.2 cm³/mol. The number of carbonyl (C=O) groups is 1. The lowest BCUT2D eigenvalue weighted by Gasteiger charge is -2.10. The molecule has 0 bridgehead atoms. The fraction of sp³-hybridized carbons (Fsp3) is 0.235. The number of fused-ring (bicyclic) bond motifs is 3. The van der Waals surface area contributed by atoms with E-state index in [4.69, 9.17) is 4.74 Å². The van der Waals surface area contributed by atoms with Crippen LogP contribution in [0.2, 0.25) is 0 Å². The molecule has 96 valence electrons. The monoisotopic (exact) mass is 252 g/mol. The minimum Gasteiger partial charge on any atom is -0.468 e. The molecule has 0 amide bonds. The Bertz CT molecular complexity index is 619. The van der Waals surface area contributed by atoms with Crippen LogP contribution in [0.15, 0.2) is 36.4 Å². The summed E-state index contributed by atoms with van der Waals surface area (Å²) in [4.78, 5) is 12.1. The van der Waals surface area contributed by atoms with Crippen molar-refractivity contribution in [1.29, 1.82) is 0 Å². The summed E-state index contributed by atoms with van der Waals surface area (Å²) in [5.74, 6) is -0.469. The third kappa shape index (κ3) is 1.75. The molecule has 2 aromatic rings. The van der Waals surface area contributed by atoms with Crippen molar-refractivity contribution in [2.45, 2.75) is 19.8 Å². The van der Waals surface area contributed by atoms with Crippen LogP contribution in [-0.2, 0) is 9.53 Å². The highest BCUT2D eigenvalue weighted by Gasteiger charge is 2.34. The summed E-state index contributed by atoms with van der Waals surface area (Å²) in [6.07, 6.45) is 0. The molecular weight excluding hydrogens is 236 g/mol. The quantitative estimate of drug-likeness (QED) is 0.725. The number of benzene rings is 2. The largest absolute Gasteiger partial charge is 0.468 e. The first-order valence-electron chi connectivity index (χ1n) is 6.41. The fourth-order valence-corrected chi connectivity index (χ4v) is 2.85. The number of rotatable bonds is 1. The van der Waals surface area contributed by atoms with Crippen LogP contribution in [0, 0.1) is 13.8 Å². The molecule has 0 aliphatic heterocycles. The Morgan fingerprint density at radius 3 is 1.84 bits per heavy atom. The van der Waals surface area contributed by atoms with Crippen LogP contribution < -0.4 is 0 Å². The fourth-order valence-electron chi connectivity index (χ4n) is 2.85.